The van der Waals surface area contributed by atoms with Gasteiger partial charge in [0.05, 0.1) is 0 Å². The SMILES string of the molecule is Cc1ccc2[nH]c3c(c2c1)C1CCN(C1)C3C. The molecular formula is C15H18N2. The average Bonchev–Trinajstić information content (AvgIpc) is 2.88. The number of nitrogens with zero attached hydrogens (tertiary/aromatic N) is 1. The molecule has 2 nitrogen and oxygen atoms in total. The van der Waals surface area contributed by atoms with Gasteiger partial charge in [-0.3, -0.25) is 4.90 Å². The first-order valence-electron chi connectivity index (χ1n) is 6.60. The molecule has 3 heterocycles. The maximum absolute atomic E-state index is 3.65. The largest absolute Gasteiger partial charge is 0.357 e. The van der Waals surface area contributed by atoms with Crippen molar-refractivity contribution in [3.63, 3.8) is 0 Å². The summed E-state index contributed by atoms with van der Waals surface area (Å²) in [5.41, 5.74) is 5.78. The van der Waals surface area contributed by atoms with Gasteiger partial charge in [-0.25, -0.2) is 0 Å². The highest BCUT2D eigenvalue weighted by atomic mass is 15.2. The van der Waals surface area contributed by atoms with Gasteiger partial charge in [0.25, 0.3) is 0 Å². The van der Waals surface area contributed by atoms with Gasteiger partial charge in [0, 0.05) is 35.1 Å². The Morgan fingerprint density at radius 2 is 2.24 bits per heavy atom. The van der Waals surface area contributed by atoms with E-state index in [1.54, 1.807) is 5.56 Å². The number of benzene rings is 1. The van der Waals surface area contributed by atoms with Crippen molar-refractivity contribution < 1.29 is 0 Å². The minimum absolute atomic E-state index is 0.566. The third kappa shape index (κ3) is 1.19. The first-order chi connectivity index (χ1) is 8.24. The summed E-state index contributed by atoms with van der Waals surface area (Å²) < 4.78 is 0. The van der Waals surface area contributed by atoms with E-state index in [1.165, 1.54) is 41.7 Å². The van der Waals surface area contributed by atoms with E-state index in [-0.39, 0.29) is 0 Å². The van der Waals surface area contributed by atoms with Crippen molar-refractivity contribution in [2.75, 3.05) is 13.1 Å². The smallest absolute Gasteiger partial charge is 0.0473 e. The molecule has 2 heteroatoms. The fourth-order valence-electron chi connectivity index (χ4n) is 3.67. The summed E-state index contributed by atoms with van der Waals surface area (Å²) in [6, 6.07) is 7.36. The molecule has 2 aliphatic heterocycles. The second kappa shape index (κ2) is 3.14. The quantitative estimate of drug-likeness (QED) is 0.730. The summed E-state index contributed by atoms with van der Waals surface area (Å²) >= 11 is 0. The topological polar surface area (TPSA) is 19.0 Å². The van der Waals surface area contributed by atoms with Crippen LogP contribution in [0.1, 0.15) is 42.1 Å². The minimum Gasteiger partial charge on any atom is -0.357 e. The Morgan fingerprint density at radius 3 is 3.12 bits per heavy atom. The lowest BCUT2D eigenvalue weighted by Gasteiger charge is -2.29. The van der Waals surface area contributed by atoms with Crippen LogP contribution in [0.2, 0.25) is 0 Å². The Labute approximate surface area is 102 Å². The van der Waals surface area contributed by atoms with E-state index in [0.29, 0.717) is 6.04 Å². The van der Waals surface area contributed by atoms with E-state index in [4.69, 9.17) is 0 Å². The van der Waals surface area contributed by atoms with Crippen LogP contribution < -0.4 is 0 Å². The van der Waals surface area contributed by atoms with Gasteiger partial charge in [0.15, 0.2) is 0 Å². The molecule has 0 amide bonds. The maximum Gasteiger partial charge on any atom is 0.0473 e. The van der Waals surface area contributed by atoms with E-state index >= 15 is 0 Å². The van der Waals surface area contributed by atoms with Gasteiger partial charge in [-0.15, -0.1) is 0 Å². The van der Waals surface area contributed by atoms with Crippen LogP contribution in [0.15, 0.2) is 18.2 Å². The number of nitrogens with one attached hydrogen (secondary N) is 1. The molecule has 88 valence electrons. The summed E-state index contributed by atoms with van der Waals surface area (Å²) in [5, 5.41) is 1.47. The molecule has 1 saturated heterocycles. The lowest BCUT2D eigenvalue weighted by molar-refractivity contribution is 0.244. The lowest BCUT2D eigenvalue weighted by Crippen LogP contribution is -2.28. The molecule has 3 atom stereocenters. The van der Waals surface area contributed by atoms with Crippen molar-refractivity contribution >= 4 is 10.9 Å². The molecule has 0 spiro atoms. The molecule has 1 N–H and O–H groups in total. The fraction of sp³-hybridized carbons (Fsp3) is 0.467. The number of aromatic amines is 1. The monoisotopic (exact) mass is 226 g/mol. The third-order valence-corrected chi connectivity index (χ3v) is 4.62. The highest BCUT2D eigenvalue weighted by molar-refractivity contribution is 5.86. The highest BCUT2D eigenvalue weighted by Crippen LogP contribution is 2.45. The molecule has 4 rings (SSSR count). The van der Waals surface area contributed by atoms with Gasteiger partial charge < -0.3 is 4.98 Å². The molecule has 0 radical (unpaired) electrons. The molecule has 1 fully saturated rings. The predicted octanol–water partition coefficient (Wildman–Crippen LogP) is 3.34. The van der Waals surface area contributed by atoms with Crippen molar-refractivity contribution in [3.8, 4) is 0 Å². The molecule has 1 aromatic carbocycles. The highest BCUT2D eigenvalue weighted by Gasteiger charge is 2.37. The first kappa shape index (κ1) is 9.72. The van der Waals surface area contributed by atoms with Crippen molar-refractivity contribution in [1.29, 1.82) is 0 Å². The number of fused-ring (bicyclic) bond motifs is 6. The van der Waals surface area contributed by atoms with Gasteiger partial charge in [0.2, 0.25) is 0 Å². The zero-order valence-electron chi connectivity index (χ0n) is 10.5. The number of hydrogen-bond donors (Lipinski definition) is 1. The Kier molecular flexibility index (Phi) is 1.79. The van der Waals surface area contributed by atoms with E-state index in [2.05, 4.69) is 41.9 Å². The Morgan fingerprint density at radius 1 is 1.35 bits per heavy atom. The van der Waals surface area contributed by atoms with Crippen molar-refractivity contribution in [1.82, 2.24) is 9.88 Å². The summed E-state index contributed by atoms with van der Waals surface area (Å²) in [6.07, 6.45) is 1.33. The summed E-state index contributed by atoms with van der Waals surface area (Å²) in [4.78, 5) is 6.26. The van der Waals surface area contributed by atoms with E-state index in [1.807, 2.05) is 0 Å². The molecule has 0 aliphatic carbocycles. The number of hydrogen-bond acceptors (Lipinski definition) is 1. The van der Waals surface area contributed by atoms with Gasteiger partial charge in [-0.05, 0) is 44.5 Å². The maximum atomic E-state index is 3.65. The second-order valence-corrected chi connectivity index (χ2v) is 5.66. The van der Waals surface area contributed by atoms with Crippen LogP contribution in [0.25, 0.3) is 10.9 Å². The Hall–Kier alpha value is -1.28. The Balaban J connectivity index is 2.05. The van der Waals surface area contributed by atoms with E-state index in [0.717, 1.165) is 5.92 Å². The Bertz CT molecular complexity index is 596. The van der Waals surface area contributed by atoms with Crippen molar-refractivity contribution in [2.45, 2.75) is 32.2 Å². The van der Waals surface area contributed by atoms with Crippen LogP contribution in [0.3, 0.4) is 0 Å². The molecule has 3 unspecified atom stereocenters. The predicted molar refractivity (Wildman–Crippen MR) is 70.4 cm³/mol. The zero-order valence-corrected chi connectivity index (χ0v) is 10.5. The molecule has 1 aromatic heterocycles. The van der Waals surface area contributed by atoms with E-state index in [9.17, 15) is 0 Å². The molecule has 0 saturated carbocycles. The number of H-pyrrole nitrogens is 1. The van der Waals surface area contributed by atoms with Gasteiger partial charge in [-0.2, -0.15) is 0 Å². The average molecular weight is 226 g/mol. The normalized spacial score (nSPS) is 30.8. The molecular weight excluding hydrogens is 208 g/mol. The van der Waals surface area contributed by atoms with Crippen LogP contribution in [-0.4, -0.2) is 23.0 Å². The summed E-state index contributed by atoms with van der Waals surface area (Å²) in [5.74, 6) is 0.761. The molecule has 2 aromatic rings. The number of aryl methyl sites for hydroxylation is 1. The zero-order chi connectivity index (χ0) is 11.6. The first-order valence-corrected chi connectivity index (χ1v) is 6.60. The van der Waals surface area contributed by atoms with Crippen LogP contribution in [-0.2, 0) is 0 Å². The summed E-state index contributed by atoms with van der Waals surface area (Å²) in [7, 11) is 0. The van der Waals surface area contributed by atoms with Crippen LogP contribution in [0.5, 0.6) is 0 Å². The van der Waals surface area contributed by atoms with Crippen LogP contribution in [0, 0.1) is 6.92 Å². The van der Waals surface area contributed by atoms with Gasteiger partial charge in [0.1, 0.15) is 0 Å². The minimum atomic E-state index is 0.566. The van der Waals surface area contributed by atoms with Crippen molar-refractivity contribution in [3.05, 3.63) is 35.0 Å². The standard InChI is InChI=1S/C15H18N2/c1-9-3-4-13-12(7-9)14-11-5-6-17(8-11)10(2)15(14)16-13/h3-4,7,10-11,16H,5-6,8H2,1-2H3. The molecule has 17 heavy (non-hydrogen) atoms. The fourth-order valence-corrected chi connectivity index (χ4v) is 3.67. The molecule has 2 bridgehead atoms. The second-order valence-electron chi connectivity index (χ2n) is 5.66. The lowest BCUT2D eigenvalue weighted by atomic mass is 9.91. The summed E-state index contributed by atoms with van der Waals surface area (Å²) in [6.45, 7) is 7.05. The number of aromatic nitrogens is 1. The van der Waals surface area contributed by atoms with Crippen molar-refractivity contribution in [2.24, 2.45) is 0 Å². The van der Waals surface area contributed by atoms with Gasteiger partial charge >= 0.3 is 0 Å². The number of rotatable bonds is 0. The molecule has 2 aliphatic rings. The third-order valence-electron chi connectivity index (χ3n) is 4.62. The van der Waals surface area contributed by atoms with E-state index < -0.39 is 0 Å². The van der Waals surface area contributed by atoms with Crippen LogP contribution in [0.4, 0.5) is 0 Å². The van der Waals surface area contributed by atoms with Crippen LogP contribution >= 0.6 is 0 Å². The van der Waals surface area contributed by atoms with Gasteiger partial charge in [-0.1, -0.05) is 11.6 Å².